The molecule has 0 spiro atoms. The maximum absolute atomic E-state index is 12.3. The van der Waals surface area contributed by atoms with Crippen molar-refractivity contribution in [2.24, 2.45) is 0 Å². The summed E-state index contributed by atoms with van der Waals surface area (Å²) in [7, 11) is 0. The van der Waals surface area contributed by atoms with Gasteiger partial charge in [-0.25, -0.2) is 0 Å². The van der Waals surface area contributed by atoms with Crippen molar-refractivity contribution >= 4 is 0 Å². The summed E-state index contributed by atoms with van der Waals surface area (Å²) in [6.07, 6.45) is -2.45. The van der Waals surface area contributed by atoms with Crippen LogP contribution in [0.25, 0.3) is 0 Å². The Morgan fingerprint density at radius 2 is 1.92 bits per heavy atom. The van der Waals surface area contributed by atoms with Crippen molar-refractivity contribution in [3.63, 3.8) is 0 Å². The second kappa shape index (κ2) is 2.46. The Morgan fingerprint density at radius 3 is 2.25 bits per heavy atom. The molecule has 0 atom stereocenters. The predicted molar refractivity (Wildman–Crippen MR) is 32.2 cm³/mol. The third kappa shape index (κ3) is 1.28. The van der Waals surface area contributed by atoms with Crippen LogP contribution in [0.2, 0.25) is 0 Å². The Bertz CT molecular complexity index is 252. The minimum atomic E-state index is -4.40. The number of rotatable bonds is 1. The molecule has 0 unspecified atom stereocenters. The van der Waals surface area contributed by atoms with E-state index in [4.69, 9.17) is 0 Å². The Labute approximate surface area is 66.6 Å². The van der Waals surface area contributed by atoms with Gasteiger partial charge >= 0.3 is 6.18 Å². The lowest BCUT2D eigenvalue weighted by Gasteiger charge is -2.22. The normalized spacial score (nSPS) is 13.4. The van der Waals surface area contributed by atoms with Crippen LogP contribution in [0.3, 0.4) is 0 Å². The molecule has 0 aliphatic carbocycles. The van der Waals surface area contributed by atoms with Crippen molar-refractivity contribution in [3.8, 4) is 0 Å². The van der Waals surface area contributed by atoms with Gasteiger partial charge in [0, 0.05) is 0 Å². The van der Waals surface area contributed by atoms with Crippen LogP contribution >= 0.6 is 0 Å². The van der Waals surface area contributed by atoms with Crippen LogP contribution < -0.4 is 0 Å². The summed E-state index contributed by atoms with van der Waals surface area (Å²) in [5, 5.41) is 2.99. The monoisotopic (exact) mass is 179 g/mol. The van der Waals surface area contributed by atoms with E-state index in [1.54, 1.807) is 0 Å². The van der Waals surface area contributed by atoms with Gasteiger partial charge in [0.2, 0.25) is 12.2 Å². The van der Waals surface area contributed by atoms with Crippen molar-refractivity contribution in [2.75, 3.05) is 0 Å². The second-order valence-electron chi connectivity index (χ2n) is 2.82. The summed E-state index contributed by atoms with van der Waals surface area (Å²) < 4.78 is 41.1. The molecule has 3 nitrogen and oxygen atoms in total. The number of halogens is 3. The van der Waals surface area contributed by atoms with Crippen LogP contribution in [-0.4, -0.2) is 16.3 Å². The van der Waals surface area contributed by atoms with E-state index in [1.807, 2.05) is 6.33 Å². The largest absolute Gasteiger partial charge is 0.402 e. The van der Waals surface area contributed by atoms with Crippen LogP contribution in [0, 0.1) is 6.33 Å². The van der Waals surface area contributed by atoms with E-state index >= 15 is 0 Å². The average molecular weight is 179 g/mol. The van der Waals surface area contributed by atoms with Crippen LogP contribution in [0.1, 0.15) is 19.7 Å². The van der Waals surface area contributed by atoms with Gasteiger partial charge < -0.3 is 4.52 Å². The molecule has 0 N–H and O–H groups in total. The van der Waals surface area contributed by atoms with Gasteiger partial charge in [-0.2, -0.15) is 18.2 Å². The van der Waals surface area contributed by atoms with Gasteiger partial charge in [-0.3, -0.25) is 0 Å². The van der Waals surface area contributed by atoms with E-state index < -0.39 is 17.5 Å². The van der Waals surface area contributed by atoms with Gasteiger partial charge in [0.1, 0.15) is 5.41 Å². The Balaban J connectivity index is 3.02. The zero-order valence-corrected chi connectivity index (χ0v) is 6.44. The zero-order valence-electron chi connectivity index (χ0n) is 6.44. The smallest absolute Gasteiger partial charge is 0.338 e. The molecule has 6 heteroatoms. The summed E-state index contributed by atoms with van der Waals surface area (Å²) >= 11 is 0. The molecule has 1 aromatic heterocycles. The molecule has 0 aliphatic heterocycles. The summed E-state index contributed by atoms with van der Waals surface area (Å²) in [6, 6.07) is 0. The molecule has 0 bridgehead atoms. The lowest BCUT2D eigenvalue weighted by molar-refractivity contribution is -0.186. The SMILES string of the molecule is CC(C)(c1n[c]no1)C(F)(F)F. The molecule has 0 saturated carbocycles. The van der Waals surface area contributed by atoms with E-state index in [-0.39, 0.29) is 0 Å². The maximum atomic E-state index is 12.3. The molecule has 12 heavy (non-hydrogen) atoms. The highest BCUT2D eigenvalue weighted by Gasteiger charge is 2.52. The molecule has 1 heterocycles. The summed E-state index contributed by atoms with van der Waals surface area (Å²) in [5.41, 5.74) is -2.11. The van der Waals surface area contributed by atoms with Crippen LogP contribution in [0.15, 0.2) is 4.52 Å². The number of hydrogen-bond acceptors (Lipinski definition) is 3. The first kappa shape index (κ1) is 9.02. The first-order valence-corrected chi connectivity index (χ1v) is 3.12. The zero-order chi connectivity index (χ0) is 9.41. The number of nitrogens with zero attached hydrogens (tertiary/aromatic N) is 2. The third-order valence-electron chi connectivity index (χ3n) is 1.57. The molecule has 1 rings (SSSR count). The van der Waals surface area contributed by atoms with Crippen molar-refractivity contribution in [2.45, 2.75) is 25.4 Å². The van der Waals surface area contributed by atoms with Gasteiger partial charge in [-0.15, -0.1) is 0 Å². The molecular weight excluding hydrogens is 173 g/mol. The Kier molecular flexibility index (Phi) is 1.85. The van der Waals surface area contributed by atoms with Gasteiger partial charge in [0.25, 0.3) is 0 Å². The van der Waals surface area contributed by atoms with E-state index in [0.29, 0.717) is 0 Å². The highest BCUT2D eigenvalue weighted by molar-refractivity contribution is 5.02. The molecule has 0 aliphatic rings. The predicted octanol–water partition coefficient (Wildman–Crippen LogP) is 1.71. The van der Waals surface area contributed by atoms with Crippen molar-refractivity contribution < 1.29 is 17.7 Å². The lowest BCUT2D eigenvalue weighted by atomic mass is 9.93. The van der Waals surface area contributed by atoms with Crippen molar-refractivity contribution in [1.82, 2.24) is 10.1 Å². The van der Waals surface area contributed by atoms with Gasteiger partial charge in [0.05, 0.1) is 0 Å². The maximum Gasteiger partial charge on any atom is 0.402 e. The molecule has 1 aromatic rings. The molecule has 0 fully saturated rings. The van der Waals surface area contributed by atoms with Gasteiger partial charge in [-0.1, -0.05) is 5.16 Å². The van der Waals surface area contributed by atoms with Crippen LogP contribution in [0.5, 0.6) is 0 Å². The molecule has 67 valence electrons. The Morgan fingerprint density at radius 1 is 1.33 bits per heavy atom. The summed E-state index contributed by atoms with van der Waals surface area (Å²) in [4.78, 5) is 3.23. The van der Waals surface area contributed by atoms with E-state index in [2.05, 4.69) is 14.7 Å². The fourth-order valence-electron chi connectivity index (χ4n) is 0.525. The first-order valence-electron chi connectivity index (χ1n) is 3.12. The lowest BCUT2D eigenvalue weighted by Crippen LogP contribution is -2.36. The summed E-state index contributed by atoms with van der Waals surface area (Å²) in [6.45, 7) is 1.93. The minimum Gasteiger partial charge on any atom is -0.338 e. The standard InChI is InChI=1S/C6H6F3N2O/c1-5(2,6(7,8)9)4-10-3-11-12-4/h1-2H3. The number of aromatic nitrogens is 2. The summed E-state index contributed by atoms with van der Waals surface area (Å²) in [5.74, 6) is -0.477. The second-order valence-corrected chi connectivity index (χ2v) is 2.82. The van der Waals surface area contributed by atoms with Gasteiger partial charge in [-0.05, 0) is 13.8 Å². The highest BCUT2D eigenvalue weighted by Crippen LogP contribution is 2.38. The van der Waals surface area contributed by atoms with Crippen molar-refractivity contribution in [1.29, 1.82) is 0 Å². The molecule has 1 radical (unpaired) electrons. The highest BCUT2D eigenvalue weighted by atomic mass is 19.4. The number of hydrogen-bond donors (Lipinski definition) is 0. The Hall–Kier alpha value is -1.07. The molecule has 0 amide bonds. The van der Waals surface area contributed by atoms with E-state index in [0.717, 1.165) is 13.8 Å². The van der Waals surface area contributed by atoms with E-state index in [1.165, 1.54) is 0 Å². The van der Waals surface area contributed by atoms with Crippen molar-refractivity contribution in [3.05, 3.63) is 12.2 Å². The quantitative estimate of drug-likeness (QED) is 0.658. The average Bonchev–Trinajstić information content (AvgIpc) is 2.34. The van der Waals surface area contributed by atoms with E-state index in [9.17, 15) is 13.2 Å². The topological polar surface area (TPSA) is 38.9 Å². The molecule has 0 aromatic carbocycles. The van der Waals surface area contributed by atoms with Gasteiger partial charge in [0.15, 0.2) is 0 Å². The molecular formula is C6H6F3N2O. The fourth-order valence-corrected chi connectivity index (χ4v) is 0.525. The van der Waals surface area contributed by atoms with Crippen LogP contribution in [-0.2, 0) is 5.41 Å². The third-order valence-corrected chi connectivity index (χ3v) is 1.57. The minimum absolute atomic E-state index is 0.477. The fraction of sp³-hybridized carbons (Fsp3) is 0.667. The first-order chi connectivity index (χ1) is 5.36. The molecule has 0 saturated heterocycles. The number of alkyl halides is 3. The van der Waals surface area contributed by atoms with Crippen LogP contribution in [0.4, 0.5) is 13.2 Å².